The number of hydrogen-bond acceptors (Lipinski definition) is 3. The Labute approximate surface area is 155 Å². The minimum absolute atomic E-state index is 0.634. The van der Waals surface area contributed by atoms with Crippen molar-refractivity contribution >= 4 is 11.0 Å². The molecule has 0 unspecified atom stereocenters. The summed E-state index contributed by atoms with van der Waals surface area (Å²) in [4.78, 5) is 10.6. The van der Waals surface area contributed by atoms with E-state index in [1.54, 1.807) is 0 Å². The van der Waals surface area contributed by atoms with Gasteiger partial charge < -0.3 is 9.88 Å². The summed E-state index contributed by atoms with van der Waals surface area (Å²) in [6.07, 6.45) is 14.5. The Hall–Kier alpha value is -2.14. The molecule has 1 saturated carbocycles. The number of aromatic amines is 1. The van der Waals surface area contributed by atoms with Crippen molar-refractivity contribution in [2.75, 3.05) is 13.6 Å². The summed E-state index contributed by atoms with van der Waals surface area (Å²) in [6.45, 7) is 3.47. The van der Waals surface area contributed by atoms with Gasteiger partial charge in [0.25, 0.3) is 0 Å². The van der Waals surface area contributed by atoms with Gasteiger partial charge in [-0.15, -0.1) is 0 Å². The first-order chi connectivity index (χ1) is 12.7. The average molecular weight is 351 g/mol. The average Bonchev–Trinajstić information content (AvgIpc) is 3.27. The minimum atomic E-state index is 0.634. The fraction of sp³-hybridized carbons (Fsp3) is 0.524. The lowest BCUT2D eigenvalue weighted by Gasteiger charge is -2.34. The number of fused-ring (bicyclic) bond motifs is 1. The van der Waals surface area contributed by atoms with Crippen LogP contribution in [0.15, 0.2) is 30.9 Å². The molecule has 5 heteroatoms. The molecule has 0 spiro atoms. The maximum atomic E-state index is 4.70. The van der Waals surface area contributed by atoms with E-state index >= 15 is 0 Å². The number of H-pyrrole nitrogens is 1. The Morgan fingerprint density at radius 3 is 2.73 bits per heavy atom. The van der Waals surface area contributed by atoms with E-state index in [0.717, 1.165) is 17.3 Å². The van der Waals surface area contributed by atoms with E-state index in [9.17, 15) is 0 Å². The molecule has 1 aliphatic carbocycles. The largest absolute Gasteiger partial charge is 0.346 e. The van der Waals surface area contributed by atoms with Gasteiger partial charge in [0.05, 0.1) is 6.20 Å². The first kappa shape index (κ1) is 17.3. The molecule has 1 N–H and O–H groups in total. The highest BCUT2D eigenvalue weighted by atomic mass is 15.2. The van der Waals surface area contributed by atoms with Crippen molar-refractivity contribution in [1.29, 1.82) is 0 Å². The number of nitrogens with zero attached hydrogens (tertiary/aromatic N) is 4. The first-order valence-electron chi connectivity index (χ1n) is 9.82. The highest BCUT2D eigenvalue weighted by Crippen LogP contribution is 2.36. The zero-order valence-corrected chi connectivity index (χ0v) is 16.1. The minimum Gasteiger partial charge on any atom is -0.346 e. The Balaban J connectivity index is 1.55. The van der Waals surface area contributed by atoms with Gasteiger partial charge in [-0.2, -0.15) is 5.10 Å². The Morgan fingerprint density at radius 2 is 2.04 bits per heavy atom. The summed E-state index contributed by atoms with van der Waals surface area (Å²) in [5.74, 6) is 0.634. The smallest absolute Gasteiger partial charge is 0.137 e. The predicted octanol–water partition coefficient (Wildman–Crippen LogP) is 4.33. The third kappa shape index (κ3) is 3.28. The molecular weight excluding hydrogens is 322 g/mol. The molecule has 1 fully saturated rings. The lowest BCUT2D eigenvalue weighted by Crippen LogP contribution is -2.35. The van der Waals surface area contributed by atoms with Crippen LogP contribution in [-0.2, 0) is 7.05 Å². The molecule has 26 heavy (non-hydrogen) atoms. The molecule has 4 rings (SSSR count). The molecule has 3 aromatic rings. The molecule has 0 saturated heterocycles. The third-order valence-electron chi connectivity index (χ3n) is 5.94. The van der Waals surface area contributed by atoms with Gasteiger partial charge in [0.1, 0.15) is 5.65 Å². The quantitative estimate of drug-likeness (QED) is 0.744. The number of aromatic nitrogens is 4. The van der Waals surface area contributed by atoms with Crippen LogP contribution in [0.1, 0.15) is 50.5 Å². The Kier molecular flexibility index (Phi) is 4.81. The first-order valence-corrected chi connectivity index (χ1v) is 9.82. The summed E-state index contributed by atoms with van der Waals surface area (Å²) >= 11 is 0. The van der Waals surface area contributed by atoms with Gasteiger partial charge >= 0.3 is 0 Å². The summed E-state index contributed by atoms with van der Waals surface area (Å²) in [7, 11) is 4.23. The molecule has 3 aromatic heterocycles. The van der Waals surface area contributed by atoms with E-state index in [4.69, 9.17) is 4.98 Å². The van der Waals surface area contributed by atoms with E-state index in [0.29, 0.717) is 5.92 Å². The van der Waals surface area contributed by atoms with Gasteiger partial charge in [0.15, 0.2) is 0 Å². The maximum Gasteiger partial charge on any atom is 0.137 e. The Bertz CT molecular complexity index is 870. The molecule has 5 nitrogen and oxygen atoms in total. The second kappa shape index (κ2) is 7.23. The van der Waals surface area contributed by atoms with Gasteiger partial charge in [0, 0.05) is 48.2 Å². The molecule has 138 valence electrons. The monoisotopic (exact) mass is 351 g/mol. The molecular formula is C21H29N5. The van der Waals surface area contributed by atoms with Gasteiger partial charge in [-0.25, -0.2) is 4.98 Å². The number of aryl methyl sites for hydroxylation is 1. The topological polar surface area (TPSA) is 49.7 Å². The number of rotatable bonds is 5. The normalized spacial score (nSPS) is 20.9. The van der Waals surface area contributed by atoms with Crippen molar-refractivity contribution in [3.05, 3.63) is 36.4 Å². The zero-order chi connectivity index (χ0) is 18.1. The summed E-state index contributed by atoms with van der Waals surface area (Å²) in [5.41, 5.74) is 4.68. The van der Waals surface area contributed by atoms with Crippen LogP contribution >= 0.6 is 0 Å². The molecule has 0 bridgehead atoms. The van der Waals surface area contributed by atoms with Crippen LogP contribution in [0.2, 0.25) is 0 Å². The van der Waals surface area contributed by atoms with Crippen molar-refractivity contribution < 1.29 is 0 Å². The van der Waals surface area contributed by atoms with Crippen LogP contribution < -0.4 is 0 Å². The van der Waals surface area contributed by atoms with Crippen LogP contribution in [0, 0.1) is 0 Å². The molecule has 0 aromatic carbocycles. The van der Waals surface area contributed by atoms with E-state index in [-0.39, 0.29) is 0 Å². The van der Waals surface area contributed by atoms with Crippen molar-refractivity contribution in [2.45, 2.75) is 51.0 Å². The molecule has 0 radical (unpaired) electrons. The van der Waals surface area contributed by atoms with E-state index in [2.05, 4.69) is 53.6 Å². The van der Waals surface area contributed by atoms with Crippen molar-refractivity contribution in [3.8, 4) is 11.1 Å². The predicted molar refractivity (Wildman–Crippen MR) is 106 cm³/mol. The second-order valence-electron chi connectivity index (χ2n) is 7.76. The number of nitrogens with one attached hydrogen (secondary N) is 1. The molecule has 0 amide bonds. The fourth-order valence-electron chi connectivity index (χ4n) is 4.43. The SMILES string of the molecule is CCCN(C)C1CCC(c2cnc3[nH]cc(-c4cnn(C)c4)c3c2)CC1. The third-order valence-corrected chi connectivity index (χ3v) is 5.94. The molecule has 1 aliphatic rings. The highest BCUT2D eigenvalue weighted by molar-refractivity contribution is 5.93. The van der Waals surface area contributed by atoms with Crippen molar-refractivity contribution in [2.24, 2.45) is 7.05 Å². The van der Waals surface area contributed by atoms with Crippen LogP contribution in [0.3, 0.4) is 0 Å². The lowest BCUT2D eigenvalue weighted by atomic mass is 9.81. The van der Waals surface area contributed by atoms with Gasteiger partial charge in [-0.3, -0.25) is 4.68 Å². The van der Waals surface area contributed by atoms with Crippen LogP contribution in [0.5, 0.6) is 0 Å². The maximum absolute atomic E-state index is 4.70. The van der Waals surface area contributed by atoms with Crippen LogP contribution in [0.4, 0.5) is 0 Å². The Morgan fingerprint density at radius 1 is 1.23 bits per heavy atom. The fourth-order valence-corrected chi connectivity index (χ4v) is 4.43. The van der Waals surface area contributed by atoms with E-state index in [1.165, 1.54) is 55.2 Å². The number of hydrogen-bond donors (Lipinski definition) is 1. The molecule has 0 aliphatic heterocycles. The van der Waals surface area contributed by atoms with Gasteiger partial charge in [-0.05, 0) is 63.2 Å². The zero-order valence-electron chi connectivity index (χ0n) is 16.1. The second-order valence-corrected chi connectivity index (χ2v) is 7.76. The number of pyridine rings is 1. The summed E-state index contributed by atoms with van der Waals surface area (Å²) in [6, 6.07) is 3.10. The standard InChI is InChI=1S/C21H29N5/c1-4-9-25(2)18-7-5-15(6-8-18)16-10-19-20(13-23-21(19)22-11-16)17-12-24-26(3)14-17/h10-15,18H,4-9H2,1-3H3,(H,22,23). The molecule has 3 heterocycles. The van der Waals surface area contributed by atoms with Crippen LogP contribution in [0.25, 0.3) is 22.2 Å². The molecule has 0 atom stereocenters. The van der Waals surface area contributed by atoms with Crippen LogP contribution in [-0.4, -0.2) is 44.3 Å². The van der Waals surface area contributed by atoms with E-state index in [1.807, 2.05) is 17.9 Å². The summed E-state index contributed by atoms with van der Waals surface area (Å²) < 4.78 is 1.85. The van der Waals surface area contributed by atoms with Gasteiger partial charge in [-0.1, -0.05) is 6.92 Å². The van der Waals surface area contributed by atoms with Gasteiger partial charge in [0.2, 0.25) is 0 Å². The lowest BCUT2D eigenvalue weighted by molar-refractivity contribution is 0.183. The highest BCUT2D eigenvalue weighted by Gasteiger charge is 2.25. The van der Waals surface area contributed by atoms with Crippen molar-refractivity contribution in [3.63, 3.8) is 0 Å². The van der Waals surface area contributed by atoms with E-state index < -0.39 is 0 Å². The van der Waals surface area contributed by atoms with Crippen molar-refractivity contribution in [1.82, 2.24) is 24.6 Å². The summed E-state index contributed by atoms with van der Waals surface area (Å²) in [5, 5.41) is 5.52.